The van der Waals surface area contributed by atoms with Gasteiger partial charge < -0.3 is 15.3 Å². The molecule has 1 fully saturated rings. The van der Waals surface area contributed by atoms with Crippen molar-refractivity contribution in [3.8, 4) is 6.07 Å². The molecule has 7 heteroatoms. The lowest BCUT2D eigenvalue weighted by Crippen LogP contribution is -2.50. The molecule has 0 bridgehead atoms. The molecule has 1 aliphatic heterocycles. The van der Waals surface area contributed by atoms with Gasteiger partial charge in [0.2, 0.25) is 11.8 Å². The summed E-state index contributed by atoms with van der Waals surface area (Å²) in [6.07, 6.45) is 0.751. The minimum atomic E-state index is -1.03. The van der Waals surface area contributed by atoms with E-state index in [4.69, 9.17) is 10.4 Å². The van der Waals surface area contributed by atoms with Crippen LogP contribution in [0.2, 0.25) is 0 Å². The maximum Gasteiger partial charge on any atom is 0.326 e. The monoisotopic (exact) mass is 253 g/mol. The number of carbonyl (C=O) groups excluding carboxylic acids is 2. The second-order valence-corrected chi connectivity index (χ2v) is 4.15. The van der Waals surface area contributed by atoms with Gasteiger partial charge in [-0.05, 0) is 19.8 Å². The van der Waals surface area contributed by atoms with Crippen LogP contribution in [-0.2, 0) is 14.4 Å². The van der Waals surface area contributed by atoms with E-state index in [0.717, 1.165) is 0 Å². The molecule has 7 nitrogen and oxygen atoms in total. The summed E-state index contributed by atoms with van der Waals surface area (Å²) < 4.78 is 0. The van der Waals surface area contributed by atoms with Crippen LogP contribution >= 0.6 is 0 Å². The van der Waals surface area contributed by atoms with E-state index >= 15 is 0 Å². The average Bonchev–Trinajstić information content (AvgIpc) is 2.76. The van der Waals surface area contributed by atoms with Crippen LogP contribution in [0.3, 0.4) is 0 Å². The third-order valence-electron chi connectivity index (χ3n) is 2.81. The van der Waals surface area contributed by atoms with Crippen molar-refractivity contribution in [3.63, 3.8) is 0 Å². The number of hydrogen-bond donors (Lipinski definition) is 2. The van der Waals surface area contributed by atoms with E-state index in [1.807, 2.05) is 0 Å². The molecular weight excluding hydrogens is 238 g/mol. The Morgan fingerprint density at radius 1 is 1.56 bits per heavy atom. The first-order valence-electron chi connectivity index (χ1n) is 5.67. The SMILES string of the molecule is C[C@H](NC(=O)CC#N)C(=O)N1CCC[C@H]1C(=O)O. The molecule has 1 rings (SSSR count). The topological polar surface area (TPSA) is 111 Å². The quantitative estimate of drug-likeness (QED) is 0.700. The van der Waals surface area contributed by atoms with Crippen molar-refractivity contribution in [2.24, 2.45) is 0 Å². The highest BCUT2D eigenvalue weighted by Crippen LogP contribution is 2.18. The summed E-state index contributed by atoms with van der Waals surface area (Å²) in [6, 6.07) is 0.0510. The van der Waals surface area contributed by atoms with Crippen molar-refractivity contribution in [1.82, 2.24) is 10.2 Å². The largest absolute Gasteiger partial charge is 0.480 e. The zero-order valence-electron chi connectivity index (χ0n) is 10.0. The minimum Gasteiger partial charge on any atom is -0.480 e. The van der Waals surface area contributed by atoms with Crippen LogP contribution in [0.25, 0.3) is 0 Å². The number of carboxylic acid groups (broad SMARTS) is 1. The molecule has 0 aromatic carbocycles. The van der Waals surface area contributed by atoms with Gasteiger partial charge in [-0.3, -0.25) is 9.59 Å². The first-order valence-corrected chi connectivity index (χ1v) is 5.67. The molecule has 1 heterocycles. The van der Waals surface area contributed by atoms with E-state index in [9.17, 15) is 14.4 Å². The molecule has 2 amide bonds. The molecule has 2 N–H and O–H groups in total. The molecule has 1 aliphatic rings. The number of amides is 2. The third-order valence-corrected chi connectivity index (χ3v) is 2.81. The molecule has 0 aliphatic carbocycles. The van der Waals surface area contributed by atoms with Gasteiger partial charge in [-0.25, -0.2) is 4.79 Å². The molecule has 0 aromatic heterocycles. The number of carboxylic acids is 1. The Labute approximate surface area is 104 Å². The smallest absolute Gasteiger partial charge is 0.326 e. The van der Waals surface area contributed by atoms with Crippen molar-refractivity contribution < 1.29 is 19.5 Å². The van der Waals surface area contributed by atoms with E-state index in [1.165, 1.54) is 11.8 Å². The summed E-state index contributed by atoms with van der Waals surface area (Å²) >= 11 is 0. The molecule has 0 spiro atoms. The summed E-state index contributed by atoms with van der Waals surface area (Å²) in [5, 5.41) is 19.7. The fourth-order valence-corrected chi connectivity index (χ4v) is 1.96. The Kier molecular flexibility index (Phi) is 4.66. The van der Waals surface area contributed by atoms with Gasteiger partial charge in [-0.15, -0.1) is 0 Å². The maximum atomic E-state index is 12.0. The van der Waals surface area contributed by atoms with Crippen LogP contribution in [0.5, 0.6) is 0 Å². The van der Waals surface area contributed by atoms with Crippen LogP contribution < -0.4 is 5.32 Å². The predicted molar refractivity (Wildman–Crippen MR) is 60.2 cm³/mol. The van der Waals surface area contributed by atoms with Gasteiger partial charge in [-0.1, -0.05) is 0 Å². The number of rotatable bonds is 4. The van der Waals surface area contributed by atoms with Gasteiger partial charge in [0.1, 0.15) is 18.5 Å². The van der Waals surface area contributed by atoms with Crippen LogP contribution in [0.4, 0.5) is 0 Å². The second-order valence-electron chi connectivity index (χ2n) is 4.15. The van der Waals surface area contributed by atoms with Crippen molar-refractivity contribution in [2.45, 2.75) is 38.3 Å². The molecular formula is C11H15N3O4. The van der Waals surface area contributed by atoms with Crippen molar-refractivity contribution in [2.75, 3.05) is 6.54 Å². The lowest BCUT2D eigenvalue weighted by molar-refractivity contribution is -0.149. The van der Waals surface area contributed by atoms with Crippen LogP contribution in [-0.4, -0.2) is 46.4 Å². The number of nitriles is 1. The Morgan fingerprint density at radius 2 is 2.22 bits per heavy atom. The average molecular weight is 253 g/mol. The molecule has 2 atom stereocenters. The number of nitrogens with zero attached hydrogens (tertiary/aromatic N) is 2. The second kappa shape index (κ2) is 6.00. The minimum absolute atomic E-state index is 0.319. The summed E-state index contributed by atoms with van der Waals surface area (Å²) in [5.41, 5.74) is 0. The van der Waals surface area contributed by atoms with Gasteiger partial charge in [-0.2, -0.15) is 5.26 Å². The number of likely N-dealkylation sites (tertiary alicyclic amines) is 1. The van der Waals surface area contributed by atoms with Gasteiger partial charge in [0.25, 0.3) is 0 Å². The Hall–Kier alpha value is -2.10. The maximum absolute atomic E-state index is 12.0. The third kappa shape index (κ3) is 3.20. The fourth-order valence-electron chi connectivity index (χ4n) is 1.96. The Bertz CT molecular complexity index is 402. The number of carbonyl (C=O) groups is 3. The van der Waals surface area contributed by atoms with Crippen molar-refractivity contribution in [1.29, 1.82) is 5.26 Å². The summed E-state index contributed by atoms with van der Waals surface area (Å²) in [7, 11) is 0. The van der Waals surface area contributed by atoms with Gasteiger partial charge in [0.05, 0.1) is 6.07 Å². The lowest BCUT2D eigenvalue weighted by Gasteiger charge is -2.25. The number of hydrogen-bond acceptors (Lipinski definition) is 4. The molecule has 98 valence electrons. The Morgan fingerprint density at radius 3 is 2.78 bits per heavy atom. The van der Waals surface area contributed by atoms with Crippen LogP contribution in [0.15, 0.2) is 0 Å². The molecule has 0 aromatic rings. The highest BCUT2D eigenvalue weighted by Gasteiger charge is 2.36. The highest BCUT2D eigenvalue weighted by atomic mass is 16.4. The summed E-state index contributed by atoms with van der Waals surface area (Å²) in [5.74, 6) is -1.99. The zero-order chi connectivity index (χ0) is 13.7. The molecule has 0 saturated carbocycles. The summed E-state index contributed by atoms with van der Waals surface area (Å²) in [4.78, 5) is 35.3. The van der Waals surface area contributed by atoms with Gasteiger partial charge >= 0.3 is 5.97 Å². The zero-order valence-corrected chi connectivity index (χ0v) is 10.0. The van der Waals surface area contributed by atoms with Gasteiger partial charge in [0.15, 0.2) is 0 Å². The first-order chi connectivity index (χ1) is 8.47. The van der Waals surface area contributed by atoms with E-state index < -0.39 is 29.9 Å². The van der Waals surface area contributed by atoms with Crippen LogP contribution in [0.1, 0.15) is 26.2 Å². The number of aliphatic carboxylic acids is 1. The van der Waals surface area contributed by atoms with E-state index in [-0.39, 0.29) is 6.42 Å². The van der Waals surface area contributed by atoms with E-state index in [1.54, 1.807) is 6.07 Å². The Balaban J connectivity index is 2.61. The van der Waals surface area contributed by atoms with Crippen molar-refractivity contribution in [3.05, 3.63) is 0 Å². The summed E-state index contributed by atoms with van der Waals surface area (Å²) in [6.45, 7) is 1.86. The first kappa shape index (κ1) is 14.0. The lowest BCUT2D eigenvalue weighted by atomic mass is 10.2. The normalized spacial score (nSPS) is 20.0. The molecule has 18 heavy (non-hydrogen) atoms. The van der Waals surface area contributed by atoms with Gasteiger partial charge in [0, 0.05) is 6.54 Å². The number of nitrogens with one attached hydrogen (secondary N) is 1. The molecule has 1 saturated heterocycles. The fraction of sp³-hybridized carbons (Fsp3) is 0.636. The van der Waals surface area contributed by atoms with Crippen molar-refractivity contribution >= 4 is 17.8 Å². The highest BCUT2D eigenvalue weighted by molar-refractivity contribution is 5.90. The standard InChI is InChI=1S/C11H15N3O4/c1-7(13-9(15)4-5-12)10(16)14-6-2-3-8(14)11(17)18/h7-8H,2-4,6H2,1H3,(H,13,15)(H,17,18)/t7-,8-/m0/s1. The van der Waals surface area contributed by atoms with E-state index in [0.29, 0.717) is 19.4 Å². The molecule has 0 unspecified atom stereocenters. The molecule has 0 radical (unpaired) electrons. The predicted octanol–water partition coefficient (Wildman–Crippen LogP) is -0.520. The van der Waals surface area contributed by atoms with E-state index in [2.05, 4.69) is 5.32 Å². The van der Waals surface area contributed by atoms with Crippen LogP contribution in [0, 0.1) is 11.3 Å².